The fourth-order valence-corrected chi connectivity index (χ4v) is 1.77. The van der Waals surface area contributed by atoms with E-state index in [1.54, 1.807) is 0 Å². The summed E-state index contributed by atoms with van der Waals surface area (Å²) in [5.41, 5.74) is 3.19. The van der Waals surface area contributed by atoms with Crippen LogP contribution in [0, 0.1) is 6.92 Å². The third-order valence-corrected chi connectivity index (χ3v) is 2.63. The van der Waals surface area contributed by atoms with E-state index in [2.05, 4.69) is 35.3 Å². The second-order valence-corrected chi connectivity index (χ2v) is 4.46. The van der Waals surface area contributed by atoms with Gasteiger partial charge < -0.3 is 5.32 Å². The molecule has 86 valence electrons. The van der Waals surface area contributed by atoms with Crippen molar-refractivity contribution in [3.05, 3.63) is 23.5 Å². The Balaban J connectivity index is 2.32. The second kappa shape index (κ2) is 4.22. The van der Waals surface area contributed by atoms with Crippen molar-refractivity contribution in [3.8, 4) is 0 Å². The Bertz CT molecular complexity index is 499. The minimum atomic E-state index is 0.491. The maximum Gasteiger partial charge on any atom is 0.157 e. The molecule has 0 aliphatic heterocycles. The second-order valence-electron chi connectivity index (χ2n) is 4.46. The lowest BCUT2D eigenvalue weighted by molar-refractivity contribution is 0.588. The van der Waals surface area contributed by atoms with E-state index in [1.807, 2.05) is 24.9 Å². The van der Waals surface area contributed by atoms with Gasteiger partial charge in [0.2, 0.25) is 0 Å². The van der Waals surface area contributed by atoms with Gasteiger partial charge in [0, 0.05) is 31.2 Å². The Morgan fingerprint density at radius 1 is 1.44 bits per heavy atom. The van der Waals surface area contributed by atoms with E-state index in [0.717, 1.165) is 23.3 Å². The number of nitrogens with one attached hydrogen (secondary N) is 1. The molecule has 16 heavy (non-hydrogen) atoms. The minimum absolute atomic E-state index is 0.491. The molecular weight excluding hydrogens is 200 g/mol. The van der Waals surface area contributed by atoms with Gasteiger partial charge in [0.05, 0.1) is 5.69 Å². The van der Waals surface area contributed by atoms with Gasteiger partial charge in [-0.1, -0.05) is 13.8 Å². The van der Waals surface area contributed by atoms with Crippen molar-refractivity contribution in [2.75, 3.05) is 0 Å². The molecule has 4 nitrogen and oxygen atoms in total. The molecule has 0 unspecified atom stereocenters. The highest BCUT2D eigenvalue weighted by atomic mass is 15.3. The molecular formula is C12H18N4. The molecule has 0 radical (unpaired) electrons. The fourth-order valence-electron chi connectivity index (χ4n) is 1.77. The van der Waals surface area contributed by atoms with Crippen LogP contribution in [0.15, 0.2) is 12.3 Å². The summed E-state index contributed by atoms with van der Waals surface area (Å²) in [4.78, 5) is 4.44. The Hall–Kier alpha value is -1.42. The van der Waals surface area contributed by atoms with Crippen molar-refractivity contribution in [3.63, 3.8) is 0 Å². The van der Waals surface area contributed by atoms with Crippen LogP contribution in [-0.4, -0.2) is 20.8 Å². The van der Waals surface area contributed by atoms with Crippen LogP contribution in [0.25, 0.3) is 11.0 Å². The third kappa shape index (κ3) is 2.07. The Morgan fingerprint density at radius 3 is 2.88 bits per heavy atom. The molecule has 2 aromatic heterocycles. The highest BCUT2D eigenvalue weighted by molar-refractivity contribution is 5.78. The van der Waals surface area contributed by atoms with Gasteiger partial charge in [0.25, 0.3) is 0 Å². The summed E-state index contributed by atoms with van der Waals surface area (Å²) in [6, 6.07) is 2.66. The van der Waals surface area contributed by atoms with Gasteiger partial charge in [0.1, 0.15) is 0 Å². The van der Waals surface area contributed by atoms with Crippen LogP contribution in [0.4, 0.5) is 0 Å². The molecule has 4 heteroatoms. The Morgan fingerprint density at radius 2 is 2.19 bits per heavy atom. The number of aromatic nitrogens is 3. The summed E-state index contributed by atoms with van der Waals surface area (Å²) in [7, 11) is 1.92. The Kier molecular flexibility index (Phi) is 2.92. The zero-order valence-electron chi connectivity index (χ0n) is 10.3. The van der Waals surface area contributed by atoms with Crippen LogP contribution >= 0.6 is 0 Å². The van der Waals surface area contributed by atoms with Crippen LogP contribution in [0.5, 0.6) is 0 Å². The average Bonchev–Trinajstić information content (AvgIpc) is 2.52. The smallest absolute Gasteiger partial charge is 0.157 e. The molecule has 0 amide bonds. The molecule has 2 heterocycles. The van der Waals surface area contributed by atoms with Crippen LogP contribution in [0.3, 0.4) is 0 Å². The topological polar surface area (TPSA) is 42.7 Å². The SMILES string of the molecule is Cc1nn(C)c2ncc(CNC(C)C)cc12. The molecule has 0 saturated heterocycles. The van der Waals surface area contributed by atoms with Crippen molar-refractivity contribution in [2.24, 2.45) is 7.05 Å². The van der Waals surface area contributed by atoms with E-state index in [1.165, 1.54) is 5.56 Å². The van der Waals surface area contributed by atoms with E-state index >= 15 is 0 Å². The fraction of sp³-hybridized carbons (Fsp3) is 0.500. The van der Waals surface area contributed by atoms with Crippen molar-refractivity contribution in [1.82, 2.24) is 20.1 Å². The molecule has 0 spiro atoms. The first-order valence-corrected chi connectivity index (χ1v) is 5.59. The molecule has 2 rings (SSSR count). The largest absolute Gasteiger partial charge is 0.310 e. The highest BCUT2D eigenvalue weighted by Gasteiger charge is 2.06. The van der Waals surface area contributed by atoms with E-state index in [9.17, 15) is 0 Å². The summed E-state index contributed by atoms with van der Waals surface area (Å²) in [5.74, 6) is 0. The van der Waals surface area contributed by atoms with Gasteiger partial charge in [-0.3, -0.25) is 4.68 Å². The zero-order chi connectivity index (χ0) is 11.7. The van der Waals surface area contributed by atoms with Crippen LogP contribution in [0.1, 0.15) is 25.1 Å². The predicted molar refractivity (Wildman–Crippen MR) is 65.2 cm³/mol. The van der Waals surface area contributed by atoms with Gasteiger partial charge in [-0.05, 0) is 18.6 Å². The summed E-state index contributed by atoms with van der Waals surface area (Å²) >= 11 is 0. The van der Waals surface area contributed by atoms with Crippen molar-refractivity contribution in [1.29, 1.82) is 0 Å². The lowest BCUT2D eigenvalue weighted by Gasteiger charge is -2.07. The van der Waals surface area contributed by atoms with Gasteiger partial charge in [-0.25, -0.2) is 4.98 Å². The number of fused-ring (bicyclic) bond motifs is 1. The van der Waals surface area contributed by atoms with E-state index in [0.29, 0.717) is 6.04 Å². The lowest BCUT2D eigenvalue weighted by Crippen LogP contribution is -2.21. The molecule has 0 atom stereocenters. The summed E-state index contributed by atoms with van der Waals surface area (Å²) in [6.45, 7) is 7.15. The normalized spacial score (nSPS) is 11.6. The van der Waals surface area contributed by atoms with Gasteiger partial charge in [-0.2, -0.15) is 5.10 Å². The molecule has 0 aromatic carbocycles. The average molecular weight is 218 g/mol. The standard InChI is InChI=1S/C12H18N4/c1-8(2)13-6-10-5-11-9(3)15-16(4)12(11)14-7-10/h5,7-8,13H,6H2,1-4H3. The molecule has 0 saturated carbocycles. The number of hydrogen-bond donors (Lipinski definition) is 1. The molecule has 0 bridgehead atoms. The predicted octanol–water partition coefficient (Wildman–Crippen LogP) is 1.77. The maximum absolute atomic E-state index is 4.44. The number of nitrogens with zero attached hydrogens (tertiary/aromatic N) is 3. The summed E-state index contributed by atoms with van der Waals surface area (Å²) < 4.78 is 1.82. The first-order chi connectivity index (χ1) is 7.58. The first-order valence-electron chi connectivity index (χ1n) is 5.59. The minimum Gasteiger partial charge on any atom is -0.310 e. The number of pyridine rings is 1. The van der Waals surface area contributed by atoms with Crippen molar-refractivity contribution in [2.45, 2.75) is 33.4 Å². The van der Waals surface area contributed by atoms with Crippen LogP contribution in [-0.2, 0) is 13.6 Å². The number of aryl methyl sites for hydroxylation is 2. The number of rotatable bonds is 3. The molecule has 0 fully saturated rings. The quantitative estimate of drug-likeness (QED) is 0.854. The Labute approximate surface area is 95.7 Å². The molecule has 0 aliphatic carbocycles. The zero-order valence-corrected chi connectivity index (χ0v) is 10.3. The summed E-state index contributed by atoms with van der Waals surface area (Å²) in [6.07, 6.45) is 1.92. The number of hydrogen-bond acceptors (Lipinski definition) is 3. The molecule has 0 aliphatic rings. The molecule has 1 N–H and O–H groups in total. The van der Waals surface area contributed by atoms with E-state index in [4.69, 9.17) is 0 Å². The third-order valence-electron chi connectivity index (χ3n) is 2.63. The van der Waals surface area contributed by atoms with Crippen LogP contribution in [0.2, 0.25) is 0 Å². The van der Waals surface area contributed by atoms with Gasteiger partial charge in [0.15, 0.2) is 5.65 Å². The first kappa shape index (κ1) is 11.1. The van der Waals surface area contributed by atoms with Gasteiger partial charge in [-0.15, -0.1) is 0 Å². The van der Waals surface area contributed by atoms with Gasteiger partial charge >= 0.3 is 0 Å². The highest BCUT2D eigenvalue weighted by Crippen LogP contribution is 2.16. The van der Waals surface area contributed by atoms with Crippen molar-refractivity contribution >= 4 is 11.0 Å². The maximum atomic E-state index is 4.44. The van der Waals surface area contributed by atoms with Crippen molar-refractivity contribution < 1.29 is 0 Å². The summed E-state index contributed by atoms with van der Waals surface area (Å²) in [5, 5.41) is 8.89. The molecule has 2 aromatic rings. The van der Waals surface area contributed by atoms with E-state index < -0.39 is 0 Å². The lowest BCUT2D eigenvalue weighted by atomic mass is 10.2. The van der Waals surface area contributed by atoms with Crippen LogP contribution < -0.4 is 5.32 Å². The van der Waals surface area contributed by atoms with E-state index in [-0.39, 0.29) is 0 Å². The monoisotopic (exact) mass is 218 g/mol.